The van der Waals surface area contributed by atoms with E-state index >= 15 is 0 Å². The van der Waals surface area contributed by atoms with Gasteiger partial charge in [0.2, 0.25) is 5.91 Å². The lowest BCUT2D eigenvalue weighted by atomic mass is 10.1. The zero-order valence-electron chi connectivity index (χ0n) is 16.1. The first-order valence-electron chi connectivity index (χ1n) is 9.19. The molecule has 1 aromatic heterocycles. The number of aryl methyl sites for hydroxylation is 1. The zero-order valence-corrected chi connectivity index (χ0v) is 16.1. The molecule has 28 heavy (non-hydrogen) atoms. The first-order chi connectivity index (χ1) is 13.5. The summed E-state index contributed by atoms with van der Waals surface area (Å²) in [4.78, 5) is 18.4. The van der Waals surface area contributed by atoms with Gasteiger partial charge in [-0.15, -0.1) is 0 Å². The number of nitrogens with zero attached hydrogens (tertiary/aromatic N) is 2. The molecule has 0 fully saturated rings. The van der Waals surface area contributed by atoms with Crippen LogP contribution in [0.1, 0.15) is 23.4 Å². The van der Waals surface area contributed by atoms with Gasteiger partial charge in [0.25, 0.3) is 0 Å². The van der Waals surface area contributed by atoms with Gasteiger partial charge in [0.05, 0.1) is 6.20 Å². The third kappa shape index (κ3) is 5.76. The second-order valence-corrected chi connectivity index (χ2v) is 6.96. The van der Waals surface area contributed by atoms with Crippen LogP contribution in [0.25, 0.3) is 11.3 Å². The van der Waals surface area contributed by atoms with Crippen molar-refractivity contribution in [3.8, 4) is 11.3 Å². The summed E-state index contributed by atoms with van der Waals surface area (Å²) in [5.41, 5.74) is 3.05. The van der Waals surface area contributed by atoms with E-state index in [-0.39, 0.29) is 11.7 Å². The predicted molar refractivity (Wildman–Crippen MR) is 106 cm³/mol. The Morgan fingerprint density at radius 2 is 1.75 bits per heavy atom. The van der Waals surface area contributed by atoms with Gasteiger partial charge in [-0.05, 0) is 49.5 Å². The molecule has 0 saturated carbocycles. The molecule has 0 aliphatic rings. The lowest BCUT2D eigenvalue weighted by Gasteiger charge is -2.10. The van der Waals surface area contributed by atoms with Crippen molar-refractivity contribution in [1.29, 1.82) is 0 Å². The molecule has 0 bridgehead atoms. The normalized spacial score (nSPS) is 11.0. The molecule has 5 nitrogen and oxygen atoms in total. The molecule has 3 aromatic rings. The summed E-state index contributed by atoms with van der Waals surface area (Å²) in [6.07, 6.45) is 2.30. The molecule has 0 radical (unpaired) electrons. The van der Waals surface area contributed by atoms with Crippen LogP contribution in [0.2, 0.25) is 0 Å². The first-order valence-corrected chi connectivity index (χ1v) is 9.19. The van der Waals surface area contributed by atoms with Gasteiger partial charge in [-0.25, -0.2) is 9.37 Å². The number of rotatable bonds is 8. The maximum Gasteiger partial charge on any atom is 0.220 e. The molecule has 0 aliphatic heterocycles. The number of benzene rings is 2. The number of aromatic nitrogens is 1. The van der Waals surface area contributed by atoms with Gasteiger partial charge >= 0.3 is 0 Å². The molecule has 0 saturated heterocycles. The van der Waals surface area contributed by atoms with E-state index in [0.717, 1.165) is 17.7 Å². The van der Waals surface area contributed by atoms with E-state index in [1.807, 2.05) is 26.2 Å². The van der Waals surface area contributed by atoms with Crippen LogP contribution in [0.15, 0.2) is 59.1 Å². The van der Waals surface area contributed by atoms with E-state index in [2.05, 4.69) is 27.3 Å². The summed E-state index contributed by atoms with van der Waals surface area (Å²) in [6, 6.07) is 14.2. The lowest BCUT2D eigenvalue weighted by molar-refractivity contribution is -0.121. The third-order valence-electron chi connectivity index (χ3n) is 4.26. The second-order valence-electron chi connectivity index (χ2n) is 6.96. The molecule has 2 aromatic carbocycles. The lowest BCUT2D eigenvalue weighted by Crippen LogP contribution is -2.23. The fourth-order valence-electron chi connectivity index (χ4n) is 2.81. The molecule has 0 atom stereocenters. The van der Waals surface area contributed by atoms with Gasteiger partial charge in [-0.3, -0.25) is 4.79 Å². The van der Waals surface area contributed by atoms with E-state index in [4.69, 9.17) is 4.42 Å². The SMILES string of the molecule is CN(C)Cc1ccc(CNC(=O)CCc2ncc(-c3ccc(F)cc3)o2)cc1. The Hall–Kier alpha value is -2.99. The highest BCUT2D eigenvalue weighted by Crippen LogP contribution is 2.21. The number of carbonyl (C=O) groups excluding carboxylic acids is 1. The Labute approximate surface area is 164 Å². The summed E-state index contributed by atoms with van der Waals surface area (Å²) < 4.78 is 18.6. The number of nitrogens with one attached hydrogen (secondary N) is 1. The number of oxazole rings is 1. The monoisotopic (exact) mass is 381 g/mol. The number of amides is 1. The van der Waals surface area contributed by atoms with E-state index in [0.29, 0.717) is 31.0 Å². The van der Waals surface area contributed by atoms with Crippen molar-refractivity contribution in [2.75, 3.05) is 14.1 Å². The van der Waals surface area contributed by atoms with Gasteiger partial charge < -0.3 is 14.6 Å². The van der Waals surface area contributed by atoms with Crippen LogP contribution in [0.5, 0.6) is 0 Å². The topological polar surface area (TPSA) is 58.4 Å². The summed E-state index contributed by atoms with van der Waals surface area (Å²) in [5.74, 6) is 0.696. The highest BCUT2D eigenvalue weighted by atomic mass is 19.1. The fourth-order valence-corrected chi connectivity index (χ4v) is 2.81. The molecule has 0 aliphatic carbocycles. The van der Waals surface area contributed by atoms with Crippen molar-refractivity contribution < 1.29 is 13.6 Å². The van der Waals surface area contributed by atoms with Gasteiger partial charge in [-0.2, -0.15) is 0 Å². The smallest absolute Gasteiger partial charge is 0.220 e. The summed E-state index contributed by atoms with van der Waals surface area (Å²) in [7, 11) is 4.06. The number of hydrogen-bond donors (Lipinski definition) is 1. The number of carbonyl (C=O) groups is 1. The van der Waals surface area contributed by atoms with Crippen LogP contribution in [0, 0.1) is 5.82 Å². The van der Waals surface area contributed by atoms with Crippen LogP contribution in [-0.2, 0) is 24.3 Å². The second kappa shape index (κ2) is 9.28. The zero-order chi connectivity index (χ0) is 19.9. The maximum absolute atomic E-state index is 13.0. The van der Waals surface area contributed by atoms with Crippen LogP contribution in [0.3, 0.4) is 0 Å². The van der Waals surface area contributed by atoms with Crippen LogP contribution in [0.4, 0.5) is 4.39 Å². The van der Waals surface area contributed by atoms with Crippen LogP contribution >= 0.6 is 0 Å². The maximum atomic E-state index is 13.0. The van der Waals surface area contributed by atoms with Crippen molar-refractivity contribution in [3.63, 3.8) is 0 Å². The van der Waals surface area contributed by atoms with Crippen molar-refractivity contribution in [1.82, 2.24) is 15.2 Å². The minimum Gasteiger partial charge on any atom is -0.441 e. The Morgan fingerprint density at radius 1 is 1.07 bits per heavy atom. The van der Waals surface area contributed by atoms with Crippen molar-refractivity contribution in [2.24, 2.45) is 0 Å². The summed E-state index contributed by atoms with van der Waals surface area (Å²) >= 11 is 0. The molecule has 1 heterocycles. The molecule has 6 heteroatoms. The van der Waals surface area contributed by atoms with Crippen molar-refractivity contribution in [2.45, 2.75) is 25.9 Å². The predicted octanol–water partition coefficient (Wildman–Crippen LogP) is 3.79. The van der Waals surface area contributed by atoms with E-state index in [9.17, 15) is 9.18 Å². The van der Waals surface area contributed by atoms with Crippen molar-refractivity contribution >= 4 is 5.91 Å². The minimum absolute atomic E-state index is 0.0566. The van der Waals surface area contributed by atoms with Gasteiger partial charge in [0.1, 0.15) is 5.82 Å². The summed E-state index contributed by atoms with van der Waals surface area (Å²) in [6.45, 7) is 1.39. The molecule has 146 valence electrons. The summed E-state index contributed by atoms with van der Waals surface area (Å²) in [5, 5.41) is 2.91. The standard InChI is InChI=1S/C22H24FN3O2/c1-26(2)15-17-5-3-16(4-6-17)13-24-21(27)11-12-22-25-14-20(28-22)18-7-9-19(23)10-8-18/h3-10,14H,11-13,15H2,1-2H3,(H,24,27). The Balaban J connectivity index is 1.45. The third-order valence-corrected chi connectivity index (χ3v) is 4.26. The Kier molecular flexibility index (Phi) is 6.55. The Bertz CT molecular complexity index is 902. The van der Waals surface area contributed by atoms with Gasteiger partial charge in [-0.1, -0.05) is 24.3 Å². The molecular formula is C22H24FN3O2. The molecule has 0 spiro atoms. The largest absolute Gasteiger partial charge is 0.441 e. The Morgan fingerprint density at radius 3 is 2.43 bits per heavy atom. The average molecular weight is 381 g/mol. The molecule has 0 unspecified atom stereocenters. The molecule has 1 N–H and O–H groups in total. The number of hydrogen-bond acceptors (Lipinski definition) is 4. The minimum atomic E-state index is -0.299. The molecular weight excluding hydrogens is 357 g/mol. The van der Waals surface area contributed by atoms with Crippen molar-refractivity contribution in [3.05, 3.63) is 77.6 Å². The highest BCUT2D eigenvalue weighted by molar-refractivity contribution is 5.76. The van der Waals surface area contributed by atoms with Gasteiger partial charge in [0.15, 0.2) is 11.7 Å². The fraction of sp³-hybridized carbons (Fsp3) is 0.273. The van der Waals surface area contributed by atoms with Crippen LogP contribution in [-0.4, -0.2) is 29.9 Å². The van der Waals surface area contributed by atoms with Crippen LogP contribution < -0.4 is 5.32 Å². The van der Waals surface area contributed by atoms with E-state index in [1.54, 1.807) is 18.3 Å². The molecule has 1 amide bonds. The first kappa shape index (κ1) is 19.8. The highest BCUT2D eigenvalue weighted by Gasteiger charge is 2.09. The average Bonchev–Trinajstić information content (AvgIpc) is 3.15. The van der Waals surface area contributed by atoms with Gasteiger partial charge in [0, 0.05) is 31.5 Å². The number of halogens is 1. The molecule has 3 rings (SSSR count). The van der Waals surface area contributed by atoms with E-state index < -0.39 is 0 Å². The van der Waals surface area contributed by atoms with E-state index in [1.165, 1.54) is 17.7 Å². The quantitative estimate of drug-likeness (QED) is 0.645.